The van der Waals surface area contributed by atoms with E-state index < -0.39 is 5.60 Å². The standard InChI is InChI=1S/C13H23N3O2/c1-12-14-5-6-16(12)8-7-15(2)11-13(17)3-9-18-10-4-13/h5-6,17H,3-4,7-11H2,1-2H3. The minimum Gasteiger partial charge on any atom is -0.388 e. The van der Waals surface area contributed by atoms with Gasteiger partial charge in [0.15, 0.2) is 0 Å². The van der Waals surface area contributed by atoms with E-state index in [-0.39, 0.29) is 0 Å². The summed E-state index contributed by atoms with van der Waals surface area (Å²) < 4.78 is 7.42. The first-order valence-corrected chi connectivity index (χ1v) is 6.55. The molecule has 1 aliphatic rings. The molecule has 1 saturated heterocycles. The summed E-state index contributed by atoms with van der Waals surface area (Å²) in [6.45, 7) is 5.89. The molecule has 1 aromatic heterocycles. The number of aliphatic hydroxyl groups is 1. The Morgan fingerprint density at radius 1 is 1.50 bits per heavy atom. The van der Waals surface area contributed by atoms with Crippen molar-refractivity contribution in [2.75, 3.05) is 33.4 Å². The molecule has 0 aliphatic carbocycles. The molecule has 1 N–H and O–H groups in total. The highest BCUT2D eigenvalue weighted by atomic mass is 16.5. The lowest BCUT2D eigenvalue weighted by atomic mass is 9.94. The van der Waals surface area contributed by atoms with Crippen molar-refractivity contribution < 1.29 is 9.84 Å². The number of likely N-dealkylation sites (N-methyl/N-ethyl adjacent to an activating group) is 1. The van der Waals surface area contributed by atoms with Gasteiger partial charge < -0.3 is 19.3 Å². The lowest BCUT2D eigenvalue weighted by molar-refractivity contribution is -0.0770. The van der Waals surface area contributed by atoms with E-state index in [1.165, 1.54) is 0 Å². The number of hydrogen-bond acceptors (Lipinski definition) is 4. The summed E-state index contributed by atoms with van der Waals surface area (Å²) in [7, 11) is 2.06. The maximum Gasteiger partial charge on any atom is 0.105 e. The lowest BCUT2D eigenvalue weighted by Gasteiger charge is -2.35. The molecule has 0 spiro atoms. The van der Waals surface area contributed by atoms with Crippen LogP contribution in [0.1, 0.15) is 18.7 Å². The van der Waals surface area contributed by atoms with Crippen molar-refractivity contribution in [3.8, 4) is 0 Å². The number of aromatic nitrogens is 2. The van der Waals surface area contributed by atoms with E-state index in [4.69, 9.17) is 4.74 Å². The smallest absolute Gasteiger partial charge is 0.105 e. The van der Waals surface area contributed by atoms with Crippen LogP contribution in [-0.2, 0) is 11.3 Å². The predicted molar refractivity (Wildman–Crippen MR) is 69.5 cm³/mol. The van der Waals surface area contributed by atoms with Gasteiger partial charge in [0.1, 0.15) is 5.82 Å². The molecule has 0 unspecified atom stereocenters. The molecule has 0 bridgehead atoms. The first kappa shape index (κ1) is 13.5. The number of nitrogens with zero attached hydrogens (tertiary/aromatic N) is 3. The molecular weight excluding hydrogens is 230 g/mol. The molecule has 2 heterocycles. The van der Waals surface area contributed by atoms with E-state index in [0.29, 0.717) is 19.8 Å². The van der Waals surface area contributed by atoms with Crippen molar-refractivity contribution in [1.29, 1.82) is 0 Å². The summed E-state index contributed by atoms with van der Waals surface area (Å²) in [6.07, 6.45) is 5.29. The van der Waals surface area contributed by atoms with Crippen molar-refractivity contribution in [2.24, 2.45) is 0 Å². The third-order valence-electron chi connectivity index (χ3n) is 3.63. The molecule has 0 atom stereocenters. The van der Waals surface area contributed by atoms with Gasteiger partial charge in [-0.25, -0.2) is 4.98 Å². The third-order valence-corrected chi connectivity index (χ3v) is 3.63. The summed E-state index contributed by atoms with van der Waals surface area (Å²) in [5.41, 5.74) is -0.572. The first-order valence-electron chi connectivity index (χ1n) is 6.55. The van der Waals surface area contributed by atoms with Gasteiger partial charge in [-0.3, -0.25) is 0 Å². The van der Waals surface area contributed by atoms with Crippen LogP contribution in [-0.4, -0.2) is 58.5 Å². The van der Waals surface area contributed by atoms with Gasteiger partial charge >= 0.3 is 0 Å². The van der Waals surface area contributed by atoms with Crippen molar-refractivity contribution in [2.45, 2.75) is 31.9 Å². The molecule has 1 fully saturated rings. The highest BCUT2D eigenvalue weighted by Gasteiger charge is 2.30. The van der Waals surface area contributed by atoms with E-state index in [2.05, 4.69) is 21.5 Å². The second-order valence-corrected chi connectivity index (χ2v) is 5.24. The maximum atomic E-state index is 10.4. The van der Waals surface area contributed by atoms with Gasteiger partial charge in [0.05, 0.1) is 5.60 Å². The number of imidazole rings is 1. The Bertz CT molecular complexity index is 372. The highest BCUT2D eigenvalue weighted by molar-refractivity contribution is 4.89. The molecule has 2 rings (SSSR count). The zero-order valence-corrected chi connectivity index (χ0v) is 11.3. The van der Waals surface area contributed by atoms with E-state index in [1.807, 2.05) is 19.3 Å². The Labute approximate surface area is 108 Å². The van der Waals surface area contributed by atoms with Crippen molar-refractivity contribution in [3.05, 3.63) is 18.2 Å². The average molecular weight is 253 g/mol. The largest absolute Gasteiger partial charge is 0.388 e. The average Bonchev–Trinajstić information content (AvgIpc) is 2.72. The quantitative estimate of drug-likeness (QED) is 0.838. The van der Waals surface area contributed by atoms with Crippen molar-refractivity contribution >= 4 is 0 Å². The first-order chi connectivity index (χ1) is 8.59. The zero-order valence-electron chi connectivity index (χ0n) is 11.3. The second-order valence-electron chi connectivity index (χ2n) is 5.24. The molecule has 18 heavy (non-hydrogen) atoms. The van der Waals surface area contributed by atoms with Crippen LogP contribution >= 0.6 is 0 Å². The highest BCUT2D eigenvalue weighted by Crippen LogP contribution is 2.21. The predicted octanol–water partition coefficient (Wildman–Crippen LogP) is 0.665. The number of hydrogen-bond donors (Lipinski definition) is 1. The van der Waals surface area contributed by atoms with Crippen molar-refractivity contribution in [1.82, 2.24) is 14.5 Å². The zero-order chi connectivity index (χ0) is 13.0. The van der Waals surface area contributed by atoms with Gasteiger partial charge in [-0.15, -0.1) is 0 Å². The van der Waals surface area contributed by atoms with Crippen molar-refractivity contribution in [3.63, 3.8) is 0 Å². The molecule has 5 heteroatoms. The molecule has 5 nitrogen and oxygen atoms in total. The van der Waals surface area contributed by atoms with Crippen LogP contribution in [0.3, 0.4) is 0 Å². The Morgan fingerprint density at radius 3 is 2.83 bits per heavy atom. The molecular formula is C13H23N3O2. The van der Waals surface area contributed by atoms with Gasteiger partial charge in [-0.1, -0.05) is 0 Å². The second kappa shape index (κ2) is 5.82. The van der Waals surface area contributed by atoms with E-state index in [9.17, 15) is 5.11 Å². The fourth-order valence-electron chi connectivity index (χ4n) is 2.41. The maximum absolute atomic E-state index is 10.4. The Morgan fingerprint density at radius 2 is 2.22 bits per heavy atom. The summed E-state index contributed by atoms with van der Waals surface area (Å²) in [4.78, 5) is 6.39. The summed E-state index contributed by atoms with van der Waals surface area (Å²) in [5, 5.41) is 10.4. The monoisotopic (exact) mass is 253 g/mol. The third kappa shape index (κ3) is 3.54. The molecule has 1 aromatic rings. The number of ether oxygens (including phenoxy) is 1. The SMILES string of the molecule is Cc1nccn1CCN(C)CC1(O)CCOCC1. The lowest BCUT2D eigenvalue weighted by Crippen LogP contribution is -2.46. The molecule has 0 aromatic carbocycles. The summed E-state index contributed by atoms with van der Waals surface area (Å²) >= 11 is 0. The van der Waals surface area contributed by atoms with Crippen LogP contribution in [0.15, 0.2) is 12.4 Å². The van der Waals surface area contributed by atoms with Gasteiger partial charge in [0.2, 0.25) is 0 Å². The van der Waals surface area contributed by atoms with Gasteiger partial charge in [-0.05, 0) is 14.0 Å². The van der Waals surface area contributed by atoms with E-state index in [0.717, 1.165) is 31.8 Å². The summed E-state index contributed by atoms with van der Waals surface area (Å²) in [6, 6.07) is 0. The Hall–Kier alpha value is -0.910. The molecule has 0 radical (unpaired) electrons. The van der Waals surface area contributed by atoms with Crippen LogP contribution < -0.4 is 0 Å². The fourth-order valence-corrected chi connectivity index (χ4v) is 2.41. The fraction of sp³-hybridized carbons (Fsp3) is 0.769. The minimum absolute atomic E-state index is 0.572. The van der Waals surface area contributed by atoms with Gasteiger partial charge in [0.25, 0.3) is 0 Å². The van der Waals surface area contributed by atoms with Gasteiger partial charge in [0, 0.05) is 58.1 Å². The molecule has 0 saturated carbocycles. The number of rotatable bonds is 5. The minimum atomic E-state index is -0.572. The summed E-state index contributed by atoms with van der Waals surface area (Å²) in [5.74, 6) is 1.04. The Kier molecular flexibility index (Phi) is 4.37. The normalized spacial score (nSPS) is 19.3. The van der Waals surface area contributed by atoms with E-state index in [1.54, 1.807) is 0 Å². The van der Waals surface area contributed by atoms with E-state index >= 15 is 0 Å². The van der Waals surface area contributed by atoms with Crippen LogP contribution in [0, 0.1) is 6.92 Å². The van der Waals surface area contributed by atoms with Crippen LogP contribution in [0.5, 0.6) is 0 Å². The van der Waals surface area contributed by atoms with Crippen LogP contribution in [0.25, 0.3) is 0 Å². The molecule has 0 amide bonds. The molecule has 102 valence electrons. The molecule has 1 aliphatic heterocycles. The van der Waals surface area contributed by atoms with Crippen LogP contribution in [0.4, 0.5) is 0 Å². The Balaban J connectivity index is 1.78. The topological polar surface area (TPSA) is 50.5 Å². The number of aryl methyl sites for hydroxylation is 1. The van der Waals surface area contributed by atoms with Crippen LogP contribution in [0.2, 0.25) is 0 Å². The van der Waals surface area contributed by atoms with Gasteiger partial charge in [-0.2, -0.15) is 0 Å².